The largest absolute Gasteiger partial charge is 0.467 e. The molecule has 24 heavy (non-hydrogen) atoms. The monoisotopic (exact) mass is 341 g/mol. The number of esters is 1. The molecule has 0 bridgehead atoms. The molecule has 0 radical (unpaired) electrons. The lowest BCUT2D eigenvalue weighted by molar-refractivity contribution is -0.143. The van der Waals surface area contributed by atoms with Gasteiger partial charge >= 0.3 is 12.1 Å². The Morgan fingerprint density at radius 1 is 1.33 bits per heavy atom. The maximum absolute atomic E-state index is 13.0. The van der Waals surface area contributed by atoms with Crippen molar-refractivity contribution in [3.63, 3.8) is 0 Å². The lowest BCUT2D eigenvalue weighted by atomic mass is 9.99. The molecule has 6 nitrogen and oxygen atoms in total. The topological polar surface area (TPSA) is 84.1 Å². The fraction of sp³-hybridized carbons (Fsp3) is 0.267. The number of ether oxygens (including phenoxy) is 1. The lowest BCUT2D eigenvalue weighted by Gasteiger charge is -2.19. The quantitative estimate of drug-likeness (QED) is 0.837. The third kappa shape index (κ3) is 3.73. The van der Waals surface area contributed by atoms with Gasteiger partial charge in [0.15, 0.2) is 11.9 Å². The van der Waals surface area contributed by atoms with Crippen LogP contribution in [0.3, 0.4) is 0 Å². The van der Waals surface area contributed by atoms with Gasteiger partial charge in [-0.05, 0) is 24.1 Å². The van der Waals surface area contributed by atoms with Gasteiger partial charge in [-0.25, -0.2) is 9.78 Å². The van der Waals surface area contributed by atoms with E-state index in [4.69, 9.17) is 0 Å². The maximum Gasteiger partial charge on any atom is 0.416 e. The molecular formula is C15H14F3N3O3. The highest BCUT2D eigenvalue weighted by Gasteiger charge is 2.34. The molecule has 0 saturated carbocycles. The van der Waals surface area contributed by atoms with E-state index in [0.717, 1.165) is 13.2 Å². The number of carbonyl (C=O) groups is 2. The van der Waals surface area contributed by atoms with E-state index in [1.807, 2.05) is 0 Å². The normalized spacial score (nSPS) is 12.5. The summed E-state index contributed by atoms with van der Waals surface area (Å²) in [5.41, 5.74) is -0.923. The van der Waals surface area contributed by atoms with Crippen LogP contribution in [-0.4, -0.2) is 29.0 Å². The van der Waals surface area contributed by atoms with E-state index in [-0.39, 0.29) is 17.0 Å². The fourth-order valence-corrected chi connectivity index (χ4v) is 2.11. The number of rotatable bonds is 4. The molecule has 1 aromatic carbocycles. The van der Waals surface area contributed by atoms with Gasteiger partial charge in [0.05, 0.1) is 12.7 Å². The number of aromatic amines is 1. The second kappa shape index (κ2) is 6.73. The van der Waals surface area contributed by atoms with Crippen molar-refractivity contribution in [2.24, 2.45) is 0 Å². The number of aryl methyl sites for hydroxylation is 1. The molecule has 1 aromatic heterocycles. The first kappa shape index (κ1) is 17.5. The Morgan fingerprint density at radius 2 is 2.04 bits per heavy atom. The number of halogens is 3. The Morgan fingerprint density at radius 3 is 2.58 bits per heavy atom. The molecule has 0 aliphatic rings. The molecule has 1 unspecified atom stereocenters. The zero-order valence-corrected chi connectivity index (χ0v) is 12.8. The molecule has 2 aromatic rings. The van der Waals surface area contributed by atoms with E-state index < -0.39 is 29.7 Å². The minimum atomic E-state index is -4.58. The molecule has 2 rings (SSSR count). The number of benzene rings is 1. The predicted octanol–water partition coefficient (Wildman–Crippen LogP) is 2.38. The number of amides is 1. The van der Waals surface area contributed by atoms with Crippen LogP contribution in [0.1, 0.15) is 33.4 Å². The first-order valence-corrected chi connectivity index (χ1v) is 6.80. The van der Waals surface area contributed by atoms with Gasteiger partial charge in [0, 0.05) is 12.4 Å². The molecule has 0 fully saturated rings. The standard InChI is InChI=1S/C15H14F3N3O3/c1-8-3-4-9(7-10(8)15(16,17)18)11(14(23)24-2)21-13(22)12-19-5-6-20-12/h3-7,11H,1-2H3,(H,19,20)(H,21,22). The number of hydrogen-bond acceptors (Lipinski definition) is 4. The van der Waals surface area contributed by atoms with Crippen LogP contribution in [-0.2, 0) is 15.7 Å². The molecule has 128 valence electrons. The predicted molar refractivity (Wildman–Crippen MR) is 77.0 cm³/mol. The summed E-state index contributed by atoms with van der Waals surface area (Å²) in [6.07, 6.45) is -1.85. The minimum absolute atomic E-state index is 0.00669. The number of alkyl halides is 3. The summed E-state index contributed by atoms with van der Waals surface area (Å²) in [6.45, 7) is 1.31. The third-order valence-electron chi connectivity index (χ3n) is 3.33. The van der Waals surface area contributed by atoms with E-state index in [2.05, 4.69) is 20.0 Å². The van der Waals surface area contributed by atoms with E-state index in [1.54, 1.807) is 0 Å². The van der Waals surface area contributed by atoms with Gasteiger partial charge in [0.25, 0.3) is 5.91 Å². The van der Waals surface area contributed by atoms with Crippen molar-refractivity contribution in [1.29, 1.82) is 0 Å². The molecule has 1 amide bonds. The number of H-pyrrole nitrogens is 1. The SMILES string of the molecule is COC(=O)C(NC(=O)c1ncc[nH]1)c1ccc(C)c(C(F)(F)F)c1. The molecule has 2 N–H and O–H groups in total. The maximum atomic E-state index is 13.0. The molecule has 0 aliphatic heterocycles. The molecule has 0 saturated heterocycles. The fourth-order valence-electron chi connectivity index (χ4n) is 2.11. The van der Waals surface area contributed by atoms with E-state index in [0.29, 0.717) is 0 Å². The second-order valence-electron chi connectivity index (χ2n) is 4.94. The van der Waals surface area contributed by atoms with Crippen LogP contribution in [0.2, 0.25) is 0 Å². The number of nitrogens with zero attached hydrogens (tertiary/aromatic N) is 1. The third-order valence-corrected chi connectivity index (χ3v) is 3.33. The zero-order valence-electron chi connectivity index (χ0n) is 12.8. The van der Waals surface area contributed by atoms with Crippen LogP contribution in [0.25, 0.3) is 0 Å². The molecule has 9 heteroatoms. The van der Waals surface area contributed by atoms with Gasteiger partial charge < -0.3 is 15.0 Å². The van der Waals surface area contributed by atoms with E-state index in [1.165, 1.54) is 31.5 Å². The van der Waals surface area contributed by atoms with Crippen LogP contribution >= 0.6 is 0 Å². The Labute approximate surface area is 135 Å². The first-order chi connectivity index (χ1) is 11.2. The smallest absolute Gasteiger partial charge is 0.416 e. The van der Waals surface area contributed by atoms with Gasteiger partial charge in [-0.15, -0.1) is 0 Å². The molecule has 0 aliphatic carbocycles. The van der Waals surface area contributed by atoms with Crippen molar-refractivity contribution in [2.45, 2.75) is 19.1 Å². The highest BCUT2D eigenvalue weighted by atomic mass is 19.4. The summed E-state index contributed by atoms with van der Waals surface area (Å²) in [7, 11) is 1.08. The molecule has 0 spiro atoms. The lowest BCUT2D eigenvalue weighted by Crippen LogP contribution is -2.35. The van der Waals surface area contributed by atoms with E-state index >= 15 is 0 Å². The Balaban J connectivity index is 2.38. The Hall–Kier alpha value is -2.84. The van der Waals surface area contributed by atoms with Crippen molar-refractivity contribution >= 4 is 11.9 Å². The number of methoxy groups -OCH3 is 1. The summed E-state index contributed by atoms with van der Waals surface area (Å²) in [4.78, 5) is 30.2. The van der Waals surface area contributed by atoms with Gasteiger partial charge in [-0.3, -0.25) is 4.79 Å². The van der Waals surface area contributed by atoms with Gasteiger partial charge in [0.2, 0.25) is 0 Å². The summed E-state index contributed by atoms with van der Waals surface area (Å²) in [5.74, 6) is -1.72. The average molecular weight is 341 g/mol. The van der Waals surface area contributed by atoms with Crippen molar-refractivity contribution in [3.8, 4) is 0 Å². The summed E-state index contributed by atoms with van der Waals surface area (Å²) < 4.78 is 43.7. The number of imidazole rings is 1. The van der Waals surface area contributed by atoms with Crippen molar-refractivity contribution in [3.05, 3.63) is 53.1 Å². The molecular weight excluding hydrogens is 327 g/mol. The summed E-state index contributed by atoms with van der Waals surface area (Å²) in [6, 6.07) is 1.98. The van der Waals surface area contributed by atoms with Gasteiger partial charge in [-0.1, -0.05) is 12.1 Å². The highest BCUT2D eigenvalue weighted by molar-refractivity contribution is 5.94. The van der Waals surface area contributed by atoms with Crippen molar-refractivity contribution < 1.29 is 27.5 Å². The van der Waals surface area contributed by atoms with Crippen LogP contribution in [0, 0.1) is 6.92 Å². The van der Waals surface area contributed by atoms with E-state index in [9.17, 15) is 22.8 Å². The molecule has 1 heterocycles. The van der Waals surface area contributed by atoms with Crippen molar-refractivity contribution in [2.75, 3.05) is 7.11 Å². The molecule has 1 atom stereocenters. The van der Waals surface area contributed by atoms with Crippen molar-refractivity contribution in [1.82, 2.24) is 15.3 Å². The average Bonchev–Trinajstić information content (AvgIpc) is 3.05. The van der Waals surface area contributed by atoms with Crippen LogP contribution in [0.5, 0.6) is 0 Å². The number of carbonyl (C=O) groups excluding carboxylic acids is 2. The summed E-state index contributed by atoms with van der Waals surface area (Å²) in [5, 5.41) is 2.31. The first-order valence-electron chi connectivity index (χ1n) is 6.80. The highest BCUT2D eigenvalue weighted by Crippen LogP contribution is 2.33. The number of aromatic nitrogens is 2. The number of nitrogens with one attached hydrogen (secondary N) is 2. The van der Waals surface area contributed by atoms with Gasteiger partial charge in [0.1, 0.15) is 0 Å². The van der Waals surface area contributed by atoms with Crippen LogP contribution in [0.4, 0.5) is 13.2 Å². The van der Waals surface area contributed by atoms with Crippen LogP contribution in [0.15, 0.2) is 30.6 Å². The Kier molecular flexibility index (Phi) is 4.91. The summed E-state index contributed by atoms with van der Waals surface area (Å²) >= 11 is 0. The number of hydrogen-bond donors (Lipinski definition) is 2. The second-order valence-corrected chi connectivity index (χ2v) is 4.94. The van der Waals surface area contributed by atoms with Crippen LogP contribution < -0.4 is 5.32 Å². The van der Waals surface area contributed by atoms with Gasteiger partial charge in [-0.2, -0.15) is 13.2 Å². The zero-order chi connectivity index (χ0) is 17.9. The minimum Gasteiger partial charge on any atom is -0.467 e. The Bertz CT molecular complexity index is 742.